The third-order valence-electron chi connectivity index (χ3n) is 4.59. The molecule has 0 radical (unpaired) electrons. The molecule has 0 saturated heterocycles. The van der Waals surface area contributed by atoms with Crippen LogP contribution in [0.15, 0.2) is 6.20 Å². The average Bonchev–Trinajstić information content (AvgIpc) is 2.85. The minimum atomic E-state index is -0.0290. The van der Waals surface area contributed by atoms with E-state index in [1.165, 1.54) is 0 Å². The van der Waals surface area contributed by atoms with Gasteiger partial charge in [-0.05, 0) is 43.9 Å². The maximum absolute atomic E-state index is 12.3. The van der Waals surface area contributed by atoms with Gasteiger partial charge in [-0.25, -0.2) is 0 Å². The number of hydrogen-bond donors (Lipinski definition) is 2. The fourth-order valence-electron chi connectivity index (χ4n) is 3.29. The van der Waals surface area contributed by atoms with Gasteiger partial charge in [0.1, 0.15) is 0 Å². The molecule has 2 atom stereocenters. The number of rotatable bonds is 6. The van der Waals surface area contributed by atoms with Crippen LogP contribution in [0.25, 0.3) is 0 Å². The number of aliphatic hydroxyl groups is 1. The monoisotopic (exact) mass is 307 g/mol. The van der Waals surface area contributed by atoms with Gasteiger partial charge < -0.3 is 10.4 Å². The summed E-state index contributed by atoms with van der Waals surface area (Å²) in [6.07, 6.45) is 6.09. The van der Waals surface area contributed by atoms with E-state index in [4.69, 9.17) is 0 Å². The van der Waals surface area contributed by atoms with Crippen LogP contribution in [0.2, 0.25) is 0 Å². The lowest BCUT2D eigenvalue weighted by Crippen LogP contribution is -2.32. The molecule has 1 aromatic rings. The second-order valence-electron chi connectivity index (χ2n) is 7.01. The Bertz CT molecular complexity index is 496. The van der Waals surface area contributed by atoms with Crippen molar-refractivity contribution in [2.24, 2.45) is 17.8 Å². The summed E-state index contributed by atoms with van der Waals surface area (Å²) in [5, 5.41) is 16.6. The number of nitrogens with one attached hydrogen (secondary N) is 1. The summed E-state index contributed by atoms with van der Waals surface area (Å²) >= 11 is 0. The van der Waals surface area contributed by atoms with E-state index in [1.807, 2.05) is 11.6 Å². The second kappa shape index (κ2) is 7.77. The fraction of sp³-hybridized carbons (Fsp3) is 0.765. The van der Waals surface area contributed by atoms with Gasteiger partial charge in [0.2, 0.25) is 0 Å². The Morgan fingerprint density at radius 3 is 2.86 bits per heavy atom. The van der Waals surface area contributed by atoms with Crippen LogP contribution in [-0.2, 0) is 6.54 Å². The van der Waals surface area contributed by atoms with Crippen LogP contribution in [0, 0.1) is 24.7 Å². The molecule has 5 heteroatoms. The van der Waals surface area contributed by atoms with E-state index in [0.717, 1.165) is 37.9 Å². The van der Waals surface area contributed by atoms with E-state index in [2.05, 4.69) is 24.3 Å². The first-order valence-electron chi connectivity index (χ1n) is 8.42. The minimum Gasteiger partial charge on any atom is -0.396 e. The molecular weight excluding hydrogens is 278 g/mol. The van der Waals surface area contributed by atoms with Gasteiger partial charge in [-0.15, -0.1) is 0 Å². The minimum absolute atomic E-state index is 0.0290. The van der Waals surface area contributed by atoms with Crippen molar-refractivity contribution in [3.8, 4) is 0 Å². The fourth-order valence-corrected chi connectivity index (χ4v) is 3.29. The molecule has 1 amide bonds. The maximum atomic E-state index is 12.3. The van der Waals surface area contributed by atoms with Crippen molar-refractivity contribution in [1.29, 1.82) is 0 Å². The second-order valence-corrected chi connectivity index (χ2v) is 7.01. The molecule has 0 bridgehead atoms. The number of carbonyl (C=O) groups excluding carboxylic acids is 1. The van der Waals surface area contributed by atoms with Gasteiger partial charge in [0.25, 0.3) is 5.91 Å². The molecule has 0 aliphatic heterocycles. The molecule has 2 N–H and O–H groups in total. The molecule has 1 saturated carbocycles. The molecule has 2 rings (SSSR count). The van der Waals surface area contributed by atoms with Crippen LogP contribution in [0.3, 0.4) is 0 Å². The highest BCUT2D eigenvalue weighted by molar-refractivity contribution is 5.95. The van der Waals surface area contributed by atoms with E-state index in [1.54, 1.807) is 6.20 Å². The van der Waals surface area contributed by atoms with Crippen molar-refractivity contribution < 1.29 is 9.90 Å². The molecule has 1 aromatic heterocycles. The van der Waals surface area contributed by atoms with E-state index in [-0.39, 0.29) is 12.5 Å². The molecule has 5 nitrogen and oxygen atoms in total. The van der Waals surface area contributed by atoms with E-state index in [9.17, 15) is 9.90 Å². The first-order valence-corrected chi connectivity index (χ1v) is 8.42. The van der Waals surface area contributed by atoms with Gasteiger partial charge in [-0.1, -0.05) is 20.3 Å². The number of carbonyl (C=O) groups is 1. The number of amides is 1. The lowest BCUT2D eigenvalue weighted by atomic mass is 9.82. The van der Waals surface area contributed by atoms with Crippen molar-refractivity contribution in [2.75, 3.05) is 13.2 Å². The average molecular weight is 307 g/mol. The first-order chi connectivity index (χ1) is 10.5. The van der Waals surface area contributed by atoms with Gasteiger partial charge in [-0.3, -0.25) is 9.48 Å². The van der Waals surface area contributed by atoms with Crippen LogP contribution < -0.4 is 5.32 Å². The standard InChI is InChI=1S/C17H29N3O2/c1-12(2)10-20-13(3)16(9-19-20)17(22)18-8-14-5-4-6-15(7-14)11-21/h9,12,14-15,21H,4-8,10-11H2,1-3H3,(H,18,22)/t14-,15+/m0/s1. The Morgan fingerprint density at radius 1 is 1.45 bits per heavy atom. The smallest absolute Gasteiger partial charge is 0.254 e. The molecule has 22 heavy (non-hydrogen) atoms. The van der Waals surface area contributed by atoms with Crippen molar-refractivity contribution in [2.45, 2.75) is 53.0 Å². The summed E-state index contributed by atoms with van der Waals surface area (Å²) in [6, 6.07) is 0. The Kier molecular flexibility index (Phi) is 6.00. The summed E-state index contributed by atoms with van der Waals surface area (Å²) in [7, 11) is 0. The lowest BCUT2D eigenvalue weighted by molar-refractivity contribution is 0.0933. The Labute approximate surface area is 133 Å². The Hall–Kier alpha value is -1.36. The van der Waals surface area contributed by atoms with Crippen LogP contribution in [0.4, 0.5) is 0 Å². The van der Waals surface area contributed by atoms with Gasteiger partial charge in [0.05, 0.1) is 11.8 Å². The van der Waals surface area contributed by atoms with Crippen molar-refractivity contribution in [3.05, 3.63) is 17.5 Å². The predicted molar refractivity (Wildman–Crippen MR) is 86.7 cm³/mol. The lowest BCUT2D eigenvalue weighted by Gasteiger charge is -2.27. The quantitative estimate of drug-likeness (QED) is 0.848. The number of aliphatic hydroxyl groups excluding tert-OH is 1. The van der Waals surface area contributed by atoms with Crippen LogP contribution in [-0.4, -0.2) is 33.9 Å². The summed E-state index contributed by atoms with van der Waals surface area (Å²) in [5.41, 5.74) is 1.61. The molecule has 0 spiro atoms. The Morgan fingerprint density at radius 2 is 2.18 bits per heavy atom. The summed E-state index contributed by atoms with van der Waals surface area (Å²) < 4.78 is 1.90. The molecule has 124 valence electrons. The molecule has 1 aliphatic rings. The number of hydrogen-bond acceptors (Lipinski definition) is 3. The van der Waals surface area contributed by atoms with Gasteiger partial charge in [-0.2, -0.15) is 5.10 Å². The van der Waals surface area contributed by atoms with Crippen molar-refractivity contribution in [1.82, 2.24) is 15.1 Å². The maximum Gasteiger partial charge on any atom is 0.254 e. The molecule has 1 aliphatic carbocycles. The molecule has 0 aromatic carbocycles. The number of nitrogens with zero attached hydrogens (tertiary/aromatic N) is 2. The SMILES string of the molecule is Cc1c(C(=O)NC[C@H]2CCC[C@@H](CO)C2)cnn1CC(C)C. The predicted octanol–water partition coefficient (Wildman–Crippen LogP) is 2.38. The summed E-state index contributed by atoms with van der Waals surface area (Å²) in [5.74, 6) is 1.37. The van der Waals surface area contributed by atoms with Gasteiger partial charge >= 0.3 is 0 Å². The normalized spacial score (nSPS) is 22.0. The van der Waals surface area contributed by atoms with E-state index < -0.39 is 0 Å². The highest BCUT2D eigenvalue weighted by Crippen LogP contribution is 2.28. The zero-order valence-corrected chi connectivity index (χ0v) is 14.0. The zero-order valence-electron chi connectivity index (χ0n) is 14.0. The Balaban J connectivity index is 1.88. The topological polar surface area (TPSA) is 67.2 Å². The molecule has 1 heterocycles. The van der Waals surface area contributed by atoms with Gasteiger partial charge in [0.15, 0.2) is 0 Å². The van der Waals surface area contributed by atoms with Crippen LogP contribution >= 0.6 is 0 Å². The van der Waals surface area contributed by atoms with Crippen molar-refractivity contribution in [3.63, 3.8) is 0 Å². The van der Waals surface area contributed by atoms with Gasteiger partial charge in [0, 0.05) is 25.4 Å². The molecule has 0 unspecified atom stereocenters. The summed E-state index contributed by atoms with van der Waals surface area (Å²) in [6.45, 7) is 8.03. The van der Waals surface area contributed by atoms with Crippen LogP contribution in [0.5, 0.6) is 0 Å². The third-order valence-corrected chi connectivity index (χ3v) is 4.59. The third kappa shape index (κ3) is 4.32. The largest absolute Gasteiger partial charge is 0.396 e. The first kappa shape index (κ1) is 17.0. The highest BCUT2D eigenvalue weighted by atomic mass is 16.3. The van der Waals surface area contributed by atoms with E-state index >= 15 is 0 Å². The van der Waals surface area contributed by atoms with E-state index in [0.29, 0.717) is 29.9 Å². The summed E-state index contributed by atoms with van der Waals surface area (Å²) in [4.78, 5) is 12.3. The highest BCUT2D eigenvalue weighted by Gasteiger charge is 2.22. The van der Waals surface area contributed by atoms with Crippen LogP contribution in [0.1, 0.15) is 55.6 Å². The molecular formula is C17H29N3O2. The number of aromatic nitrogens is 2. The molecule has 1 fully saturated rings. The van der Waals surface area contributed by atoms with Crippen molar-refractivity contribution >= 4 is 5.91 Å². The zero-order chi connectivity index (χ0) is 16.1.